The Morgan fingerprint density at radius 1 is 0.692 bits per heavy atom. The minimum atomic E-state index is 0.364. The number of ether oxygens (including phenoxy) is 1. The zero-order chi connectivity index (χ0) is 18.7. The number of rotatable bonds is 18. The van der Waals surface area contributed by atoms with Gasteiger partial charge in [0, 0.05) is 6.61 Å². The van der Waals surface area contributed by atoms with Crippen molar-refractivity contribution in [3.8, 4) is 0 Å². The predicted molar refractivity (Wildman–Crippen MR) is 114 cm³/mol. The van der Waals surface area contributed by atoms with Gasteiger partial charge in [0.05, 0.1) is 12.2 Å². The van der Waals surface area contributed by atoms with Crippen LogP contribution in [0.2, 0.25) is 0 Å². The summed E-state index contributed by atoms with van der Waals surface area (Å²) in [5.74, 6) is 0. The van der Waals surface area contributed by atoms with E-state index in [1.165, 1.54) is 122 Å². The molecule has 1 aliphatic carbocycles. The van der Waals surface area contributed by atoms with Crippen LogP contribution in [0.3, 0.4) is 0 Å². The van der Waals surface area contributed by atoms with Crippen molar-refractivity contribution in [3.63, 3.8) is 0 Å². The van der Waals surface area contributed by atoms with Gasteiger partial charge in [0.15, 0.2) is 0 Å². The van der Waals surface area contributed by atoms with Gasteiger partial charge in [-0.05, 0) is 32.1 Å². The molecule has 1 unspecified atom stereocenters. The van der Waals surface area contributed by atoms with Crippen molar-refractivity contribution >= 4 is 0 Å². The van der Waals surface area contributed by atoms with Crippen molar-refractivity contribution in [3.05, 3.63) is 0 Å². The molecule has 2 heteroatoms. The molecule has 2 nitrogen and oxygen atoms in total. The molecular formula is C24H48O2. The topological polar surface area (TPSA) is 29.5 Å². The van der Waals surface area contributed by atoms with E-state index in [2.05, 4.69) is 6.92 Å². The number of aliphatic hydroxyl groups is 1. The Morgan fingerprint density at radius 2 is 1.19 bits per heavy atom. The van der Waals surface area contributed by atoms with E-state index < -0.39 is 0 Å². The van der Waals surface area contributed by atoms with Gasteiger partial charge in [-0.3, -0.25) is 0 Å². The summed E-state index contributed by atoms with van der Waals surface area (Å²) in [5, 5.41) is 8.78. The fourth-order valence-electron chi connectivity index (χ4n) is 4.27. The third kappa shape index (κ3) is 14.0. The summed E-state index contributed by atoms with van der Waals surface area (Å²) in [4.78, 5) is 0. The molecule has 0 heterocycles. The van der Waals surface area contributed by atoms with Crippen molar-refractivity contribution in [1.29, 1.82) is 0 Å². The van der Waals surface area contributed by atoms with E-state index in [-0.39, 0.29) is 0 Å². The number of hydrogen-bond donors (Lipinski definition) is 1. The highest BCUT2D eigenvalue weighted by Crippen LogP contribution is 2.25. The van der Waals surface area contributed by atoms with Crippen LogP contribution in [0.4, 0.5) is 0 Å². The molecule has 26 heavy (non-hydrogen) atoms. The lowest BCUT2D eigenvalue weighted by Gasteiger charge is -2.28. The third-order valence-corrected chi connectivity index (χ3v) is 6.00. The SMILES string of the molecule is CCCCCCC(CCCCCCCCCCCO)OC1CCCCC1. The molecule has 0 saturated heterocycles. The standard InChI is InChI=1S/C24H48O2/c1-2-3-4-13-18-23(26-24-20-15-12-16-21-24)19-14-10-8-6-5-7-9-11-17-22-25/h23-25H,2-22H2,1H3. The van der Waals surface area contributed by atoms with E-state index in [9.17, 15) is 0 Å². The molecule has 0 bridgehead atoms. The Labute approximate surface area is 164 Å². The van der Waals surface area contributed by atoms with Crippen LogP contribution in [0, 0.1) is 0 Å². The lowest BCUT2D eigenvalue weighted by Crippen LogP contribution is -2.24. The first kappa shape index (κ1) is 24.0. The maximum atomic E-state index is 8.78. The molecule has 0 spiro atoms. The first-order valence-corrected chi connectivity index (χ1v) is 12.1. The van der Waals surface area contributed by atoms with Gasteiger partial charge in [0.25, 0.3) is 0 Å². The smallest absolute Gasteiger partial charge is 0.0578 e. The largest absolute Gasteiger partial charge is 0.396 e. The summed E-state index contributed by atoms with van der Waals surface area (Å²) in [5.41, 5.74) is 0. The fraction of sp³-hybridized carbons (Fsp3) is 1.00. The van der Waals surface area contributed by atoms with Crippen molar-refractivity contribution < 1.29 is 9.84 Å². The van der Waals surface area contributed by atoms with Crippen LogP contribution in [-0.4, -0.2) is 23.9 Å². The molecule has 1 aliphatic rings. The van der Waals surface area contributed by atoms with Gasteiger partial charge in [-0.15, -0.1) is 0 Å². The van der Waals surface area contributed by atoms with Gasteiger partial charge < -0.3 is 9.84 Å². The van der Waals surface area contributed by atoms with E-state index >= 15 is 0 Å². The van der Waals surface area contributed by atoms with Crippen LogP contribution in [0.5, 0.6) is 0 Å². The molecule has 0 amide bonds. The second kappa shape index (κ2) is 18.3. The minimum Gasteiger partial charge on any atom is -0.396 e. The first-order chi connectivity index (χ1) is 12.9. The van der Waals surface area contributed by atoms with Crippen molar-refractivity contribution in [1.82, 2.24) is 0 Å². The normalized spacial score (nSPS) is 16.8. The molecule has 0 aromatic rings. The third-order valence-electron chi connectivity index (χ3n) is 6.00. The Hall–Kier alpha value is -0.0800. The summed E-state index contributed by atoms with van der Waals surface area (Å²) >= 11 is 0. The van der Waals surface area contributed by atoms with E-state index in [1.807, 2.05) is 0 Å². The molecule has 1 fully saturated rings. The Balaban J connectivity index is 2.06. The highest BCUT2D eigenvalue weighted by Gasteiger charge is 2.18. The van der Waals surface area contributed by atoms with Crippen molar-refractivity contribution in [2.75, 3.05) is 6.61 Å². The summed E-state index contributed by atoms with van der Waals surface area (Å²) in [6.45, 7) is 2.66. The number of hydrogen-bond acceptors (Lipinski definition) is 2. The molecule has 0 aliphatic heterocycles. The monoisotopic (exact) mass is 368 g/mol. The molecule has 1 N–H and O–H groups in total. The molecule has 1 rings (SSSR count). The quantitative estimate of drug-likeness (QED) is 0.253. The van der Waals surface area contributed by atoms with Crippen LogP contribution in [0.15, 0.2) is 0 Å². The molecule has 0 aromatic carbocycles. The summed E-state index contributed by atoms with van der Waals surface area (Å²) in [7, 11) is 0. The average Bonchev–Trinajstić information content (AvgIpc) is 2.67. The molecule has 1 saturated carbocycles. The van der Waals surface area contributed by atoms with Gasteiger partial charge in [-0.2, -0.15) is 0 Å². The average molecular weight is 369 g/mol. The molecular weight excluding hydrogens is 320 g/mol. The minimum absolute atomic E-state index is 0.364. The van der Waals surface area contributed by atoms with Crippen molar-refractivity contribution in [2.45, 2.75) is 148 Å². The van der Waals surface area contributed by atoms with E-state index in [4.69, 9.17) is 9.84 Å². The summed E-state index contributed by atoms with van der Waals surface area (Å²) in [6.07, 6.45) is 27.7. The predicted octanol–water partition coefficient (Wildman–Crippen LogP) is 7.57. The highest BCUT2D eigenvalue weighted by atomic mass is 16.5. The molecule has 0 aromatic heterocycles. The maximum absolute atomic E-state index is 8.78. The lowest BCUT2D eigenvalue weighted by molar-refractivity contribution is -0.0388. The highest BCUT2D eigenvalue weighted by molar-refractivity contribution is 4.69. The van der Waals surface area contributed by atoms with Crippen LogP contribution < -0.4 is 0 Å². The van der Waals surface area contributed by atoms with E-state index in [0.717, 1.165) is 6.42 Å². The van der Waals surface area contributed by atoms with Crippen molar-refractivity contribution in [2.24, 2.45) is 0 Å². The van der Waals surface area contributed by atoms with Gasteiger partial charge in [-0.25, -0.2) is 0 Å². The van der Waals surface area contributed by atoms with E-state index in [0.29, 0.717) is 18.8 Å². The summed E-state index contributed by atoms with van der Waals surface area (Å²) in [6, 6.07) is 0. The van der Waals surface area contributed by atoms with Crippen LogP contribution in [-0.2, 0) is 4.74 Å². The van der Waals surface area contributed by atoms with Crippen LogP contribution in [0.1, 0.15) is 135 Å². The zero-order valence-electron chi connectivity index (χ0n) is 17.9. The van der Waals surface area contributed by atoms with E-state index in [1.54, 1.807) is 0 Å². The Kier molecular flexibility index (Phi) is 16.9. The van der Waals surface area contributed by atoms with Gasteiger partial charge >= 0.3 is 0 Å². The molecule has 1 atom stereocenters. The Bertz CT molecular complexity index is 273. The molecule has 156 valence electrons. The fourth-order valence-corrected chi connectivity index (χ4v) is 4.27. The van der Waals surface area contributed by atoms with Crippen LogP contribution in [0.25, 0.3) is 0 Å². The zero-order valence-corrected chi connectivity index (χ0v) is 17.9. The van der Waals surface area contributed by atoms with Gasteiger partial charge in [-0.1, -0.05) is 103 Å². The number of unbranched alkanes of at least 4 members (excludes halogenated alkanes) is 11. The molecule has 0 radical (unpaired) electrons. The number of aliphatic hydroxyl groups excluding tert-OH is 1. The van der Waals surface area contributed by atoms with Gasteiger partial charge in [0.2, 0.25) is 0 Å². The maximum Gasteiger partial charge on any atom is 0.0578 e. The summed E-state index contributed by atoms with van der Waals surface area (Å²) < 4.78 is 6.53. The second-order valence-electron chi connectivity index (χ2n) is 8.56. The van der Waals surface area contributed by atoms with Gasteiger partial charge in [0.1, 0.15) is 0 Å². The Morgan fingerprint density at radius 3 is 1.73 bits per heavy atom. The van der Waals surface area contributed by atoms with Crippen LogP contribution >= 0.6 is 0 Å². The first-order valence-electron chi connectivity index (χ1n) is 12.1. The lowest BCUT2D eigenvalue weighted by atomic mass is 9.96. The second-order valence-corrected chi connectivity index (χ2v) is 8.56.